The number of hydrogen-bond donors (Lipinski definition) is 1. The van der Waals surface area contributed by atoms with E-state index in [9.17, 15) is 0 Å². The molecule has 1 heterocycles. The minimum absolute atomic E-state index is 0.562. The molecule has 1 aliphatic rings. The first-order valence-electron chi connectivity index (χ1n) is 5.97. The van der Waals surface area contributed by atoms with Gasteiger partial charge in [-0.15, -0.1) is 0 Å². The molecule has 0 saturated carbocycles. The predicted octanol–water partition coefficient (Wildman–Crippen LogP) is 3.27. The number of anilines is 1. The molecule has 1 N–H and O–H groups in total. The minimum atomic E-state index is -2.20. The van der Waals surface area contributed by atoms with Crippen LogP contribution < -0.4 is 15.1 Å². The maximum absolute atomic E-state index is 5.93. The predicted molar refractivity (Wildman–Crippen MR) is 81.8 cm³/mol. The zero-order valence-corrected chi connectivity index (χ0v) is 12.2. The van der Waals surface area contributed by atoms with Crippen LogP contribution in [0.3, 0.4) is 0 Å². The molecule has 2 aromatic rings. The minimum Gasteiger partial charge on any atom is -0.497 e. The molecule has 0 saturated heterocycles. The Morgan fingerprint density at radius 2 is 1.89 bits per heavy atom. The molecule has 0 radical (unpaired) electrons. The van der Waals surface area contributed by atoms with E-state index in [0.29, 0.717) is 6.61 Å². The van der Waals surface area contributed by atoms with E-state index in [1.54, 1.807) is 7.11 Å². The van der Waals surface area contributed by atoms with Crippen LogP contribution in [0.5, 0.6) is 5.75 Å². The maximum atomic E-state index is 5.93. The molecular weight excluding hydrogens is 277 g/mol. The number of para-hydroxylation sites is 1. The Balaban J connectivity index is 1.94. The lowest BCUT2D eigenvalue weighted by atomic mass is 10.2. The fourth-order valence-electron chi connectivity index (χ4n) is 2.02. The SMILES string of the molecule is COc1ccc(P2(=S)Nc3ccccc3CO2)cc1. The van der Waals surface area contributed by atoms with E-state index in [1.807, 2.05) is 42.5 Å². The van der Waals surface area contributed by atoms with Gasteiger partial charge in [-0.2, -0.15) is 0 Å². The molecule has 19 heavy (non-hydrogen) atoms. The highest BCUT2D eigenvalue weighted by molar-refractivity contribution is 8.16. The molecule has 0 amide bonds. The molecule has 1 atom stereocenters. The normalized spacial score (nSPS) is 21.3. The van der Waals surface area contributed by atoms with E-state index in [1.165, 1.54) is 0 Å². The number of rotatable bonds is 2. The van der Waals surface area contributed by atoms with Crippen molar-refractivity contribution >= 4 is 29.2 Å². The third-order valence-corrected chi connectivity index (χ3v) is 6.33. The second-order valence-corrected chi connectivity index (χ2v) is 7.94. The van der Waals surface area contributed by atoms with Gasteiger partial charge >= 0.3 is 0 Å². The Morgan fingerprint density at radius 1 is 1.16 bits per heavy atom. The lowest BCUT2D eigenvalue weighted by molar-refractivity contribution is 0.342. The molecule has 0 aliphatic carbocycles. The third kappa shape index (κ3) is 2.39. The maximum Gasteiger partial charge on any atom is 0.183 e. The van der Waals surface area contributed by atoms with Crippen LogP contribution in [-0.4, -0.2) is 7.11 Å². The van der Waals surface area contributed by atoms with Crippen LogP contribution >= 0.6 is 6.42 Å². The molecule has 0 fully saturated rings. The first kappa shape index (κ1) is 12.7. The van der Waals surface area contributed by atoms with Crippen molar-refractivity contribution in [1.82, 2.24) is 0 Å². The largest absolute Gasteiger partial charge is 0.497 e. The van der Waals surface area contributed by atoms with Crippen LogP contribution in [-0.2, 0) is 22.9 Å². The molecule has 3 nitrogen and oxygen atoms in total. The average molecular weight is 291 g/mol. The van der Waals surface area contributed by atoms with Crippen LogP contribution in [0, 0.1) is 0 Å². The Labute approximate surface area is 117 Å². The van der Waals surface area contributed by atoms with Crippen molar-refractivity contribution in [2.75, 3.05) is 12.2 Å². The Hall–Kier alpha value is -1.35. The fourth-order valence-corrected chi connectivity index (χ4v) is 4.58. The Bertz CT molecular complexity index is 642. The molecule has 98 valence electrons. The summed E-state index contributed by atoms with van der Waals surface area (Å²) in [5, 5.41) is 4.40. The van der Waals surface area contributed by atoms with Gasteiger partial charge in [0.15, 0.2) is 6.42 Å². The summed E-state index contributed by atoms with van der Waals surface area (Å²) in [5.74, 6) is 0.822. The first-order valence-corrected chi connectivity index (χ1v) is 8.69. The Morgan fingerprint density at radius 3 is 2.63 bits per heavy atom. The van der Waals surface area contributed by atoms with Gasteiger partial charge in [0.1, 0.15) is 5.75 Å². The summed E-state index contributed by atoms with van der Waals surface area (Å²) in [4.78, 5) is 0. The fraction of sp³-hybridized carbons (Fsp3) is 0.143. The van der Waals surface area contributed by atoms with Crippen molar-refractivity contribution in [3.63, 3.8) is 0 Å². The molecule has 3 rings (SSSR count). The zero-order valence-electron chi connectivity index (χ0n) is 10.5. The van der Waals surface area contributed by atoms with Gasteiger partial charge in [-0.1, -0.05) is 18.2 Å². The number of ether oxygens (including phenoxy) is 1. The van der Waals surface area contributed by atoms with Gasteiger partial charge in [-0.25, -0.2) is 0 Å². The lowest BCUT2D eigenvalue weighted by Crippen LogP contribution is -2.18. The zero-order chi connectivity index (χ0) is 13.3. The molecule has 1 aliphatic heterocycles. The van der Waals surface area contributed by atoms with Crippen molar-refractivity contribution in [1.29, 1.82) is 0 Å². The summed E-state index contributed by atoms with van der Waals surface area (Å²) < 4.78 is 11.1. The summed E-state index contributed by atoms with van der Waals surface area (Å²) >= 11 is 5.71. The van der Waals surface area contributed by atoms with Crippen molar-refractivity contribution in [3.8, 4) is 5.75 Å². The van der Waals surface area contributed by atoms with Crippen molar-refractivity contribution < 1.29 is 9.26 Å². The van der Waals surface area contributed by atoms with Gasteiger partial charge in [-0.3, -0.25) is 0 Å². The van der Waals surface area contributed by atoms with Gasteiger partial charge < -0.3 is 14.3 Å². The molecule has 0 bridgehead atoms. The number of nitrogens with one attached hydrogen (secondary N) is 1. The second-order valence-electron chi connectivity index (χ2n) is 4.29. The van der Waals surface area contributed by atoms with Gasteiger partial charge in [0.05, 0.1) is 13.7 Å². The molecule has 1 unspecified atom stereocenters. The number of hydrogen-bond acceptors (Lipinski definition) is 3. The van der Waals surface area contributed by atoms with E-state index >= 15 is 0 Å². The average Bonchev–Trinajstić information content (AvgIpc) is 2.47. The van der Waals surface area contributed by atoms with Crippen LogP contribution in [0.4, 0.5) is 5.69 Å². The number of benzene rings is 2. The molecule has 2 aromatic carbocycles. The van der Waals surface area contributed by atoms with Gasteiger partial charge in [0.25, 0.3) is 0 Å². The van der Waals surface area contributed by atoms with E-state index < -0.39 is 6.42 Å². The van der Waals surface area contributed by atoms with Gasteiger partial charge in [0.2, 0.25) is 0 Å². The van der Waals surface area contributed by atoms with E-state index in [-0.39, 0.29) is 0 Å². The quantitative estimate of drug-likeness (QED) is 0.860. The topological polar surface area (TPSA) is 30.5 Å². The lowest BCUT2D eigenvalue weighted by Gasteiger charge is -2.30. The highest BCUT2D eigenvalue weighted by Gasteiger charge is 2.26. The van der Waals surface area contributed by atoms with E-state index in [2.05, 4.69) is 11.2 Å². The summed E-state index contributed by atoms with van der Waals surface area (Å²) in [6.45, 7) is 0.562. The molecule has 5 heteroatoms. The van der Waals surface area contributed by atoms with Crippen LogP contribution in [0.15, 0.2) is 48.5 Å². The van der Waals surface area contributed by atoms with Gasteiger partial charge in [-0.05, 0) is 42.1 Å². The number of fused-ring (bicyclic) bond motifs is 1. The van der Waals surface area contributed by atoms with Crippen molar-refractivity contribution in [3.05, 3.63) is 54.1 Å². The van der Waals surface area contributed by atoms with Crippen LogP contribution in [0.25, 0.3) is 0 Å². The smallest absolute Gasteiger partial charge is 0.183 e. The van der Waals surface area contributed by atoms with Crippen LogP contribution in [0.2, 0.25) is 0 Å². The monoisotopic (exact) mass is 291 g/mol. The highest BCUT2D eigenvalue weighted by atomic mass is 32.4. The Kier molecular flexibility index (Phi) is 3.31. The highest BCUT2D eigenvalue weighted by Crippen LogP contribution is 2.51. The summed E-state index contributed by atoms with van der Waals surface area (Å²) in [5.41, 5.74) is 2.23. The standard InChI is InChI=1S/C14H14NO2PS/c1-16-12-6-8-13(9-7-12)18(19)15-14-5-3-2-4-11(14)10-17-18/h2-9H,10H2,1H3,(H,15,19). The molecule has 0 aromatic heterocycles. The second kappa shape index (κ2) is 4.97. The van der Waals surface area contributed by atoms with Crippen molar-refractivity contribution in [2.45, 2.75) is 6.61 Å². The first-order chi connectivity index (χ1) is 9.21. The van der Waals surface area contributed by atoms with E-state index in [4.69, 9.17) is 21.1 Å². The summed E-state index contributed by atoms with van der Waals surface area (Å²) in [6, 6.07) is 15.9. The van der Waals surface area contributed by atoms with Gasteiger partial charge in [0, 0.05) is 16.6 Å². The number of methoxy groups -OCH3 is 1. The summed E-state index contributed by atoms with van der Waals surface area (Å²) in [6.07, 6.45) is -2.20. The van der Waals surface area contributed by atoms with Crippen LogP contribution in [0.1, 0.15) is 5.56 Å². The third-order valence-electron chi connectivity index (χ3n) is 3.10. The molecular formula is C14H14NO2PS. The molecule has 0 spiro atoms. The van der Waals surface area contributed by atoms with Crippen molar-refractivity contribution in [2.24, 2.45) is 0 Å². The summed E-state index contributed by atoms with van der Waals surface area (Å²) in [7, 11) is 1.65. The van der Waals surface area contributed by atoms with E-state index in [0.717, 1.165) is 22.3 Å².